The number of hydrogen-bond acceptors (Lipinski definition) is 4. The van der Waals surface area contributed by atoms with Crippen molar-refractivity contribution >= 4 is 0 Å². The van der Waals surface area contributed by atoms with E-state index in [-0.39, 0.29) is 0 Å². The second-order valence-corrected chi connectivity index (χ2v) is 5.06. The van der Waals surface area contributed by atoms with Gasteiger partial charge in [-0.3, -0.25) is 9.36 Å². The van der Waals surface area contributed by atoms with Gasteiger partial charge in [-0.2, -0.15) is 10.2 Å². The predicted octanol–water partition coefficient (Wildman–Crippen LogP) is 1.74. The second kappa shape index (κ2) is 6.17. The van der Waals surface area contributed by atoms with Crippen LogP contribution >= 0.6 is 0 Å². The van der Waals surface area contributed by atoms with Gasteiger partial charge in [0.1, 0.15) is 18.7 Å². The van der Waals surface area contributed by atoms with Gasteiger partial charge in [-0.25, -0.2) is 4.98 Å². The molecule has 2 rings (SSSR count). The zero-order chi connectivity index (χ0) is 14.7. The van der Waals surface area contributed by atoms with Crippen molar-refractivity contribution in [2.24, 2.45) is 7.05 Å². The Labute approximate surface area is 120 Å². The molecule has 0 saturated carbocycles. The molecule has 2 heterocycles. The second-order valence-electron chi connectivity index (χ2n) is 5.06. The fraction of sp³-hybridized carbons (Fsp3) is 0.643. The number of aryl methyl sites for hydroxylation is 2. The van der Waals surface area contributed by atoms with Crippen molar-refractivity contribution < 1.29 is 0 Å². The van der Waals surface area contributed by atoms with Crippen molar-refractivity contribution in [2.75, 3.05) is 6.54 Å². The van der Waals surface area contributed by atoms with Crippen LogP contribution in [0.15, 0.2) is 6.33 Å². The molecule has 0 fully saturated rings. The van der Waals surface area contributed by atoms with Crippen LogP contribution in [0.25, 0.3) is 0 Å². The molecule has 1 atom stereocenters. The lowest BCUT2D eigenvalue weighted by Gasteiger charge is -2.16. The van der Waals surface area contributed by atoms with Crippen LogP contribution in [0, 0.1) is 13.8 Å². The molecule has 1 N–H and O–H groups in total. The molecule has 0 spiro atoms. The first-order valence-corrected chi connectivity index (χ1v) is 7.18. The summed E-state index contributed by atoms with van der Waals surface area (Å²) >= 11 is 0. The van der Waals surface area contributed by atoms with Crippen LogP contribution in [-0.4, -0.2) is 31.1 Å². The molecule has 20 heavy (non-hydrogen) atoms. The summed E-state index contributed by atoms with van der Waals surface area (Å²) in [5, 5.41) is 12.3. The molecule has 110 valence electrons. The third-order valence-electron chi connectivity index (χ3n) is 3.74. The lowest BCUT2D eigenvalue weighted by atomic mass is 10.0. The van der Waals surface area contributed by atoms with Crippen LogP contribution < -0.4 is 5.32 Å². The zero-order valence-corrected chi connectivity index (χ0v) is 13.0. The summed E-state index contributed by atoms with van der Waals surface area (Å²) in [6.45, 7) is 10.2. The highest BCUT2D eigenvalue weighted by Crippen LogP contribution is 2.24. The van der Waals surface area contributed by atoms with Gasteiger partial charge in [-0.15, -0.1) is 0 Å². The van der Waals surface area contributed by atoms with Gasteiger partial charge in [-0.1, -0.05) is 13.8 Å². The van der Waals surface area contributed by atoms with E-state index >= 15 is 0 Å². The molecule has 6 heteroatoms. The Hall–Kier alpha value is -1.69. The molecule has 0 bridgehead atoms. The fourth-order valence-electron chi connectivity index (χ4n) is 2.66. The highest BCUT2D eigenvalue weighted by Gasteiger charge is 2.19. The average Bonchev–Trinajstić information content (AvgIpc) is 2.93. The van der Waals surface area contributed by atoms with Crippen LogP contribution in [0.1, 0.15) is 49.1 Å². The van der Waals surface area contributed by atoms with Gasteiger partial charge < -0.3 is 5.32 Å². The van der Waals surface area contributed by atoms with E-state index in [4.69, 9.17) is 0 Å². The maximum absolute atomic E-state index is 4.67. The highest BCUT2D eigenvalue weighted by atomic mass is 15.4. The number of aromatic nitrogens is 5. The molecule has 0 aliphatic carbocycles. The minimum absolute atomic E-state index is 0.369. The lowest BCUT2D eigenvalue weighted by molar-refractivity contribution is 0.530. The van der Waals surface area contributed by atoms with E-state index < -0.39 is 0 Å². The van der Waals surface area contributed by atoms with Gasteiger partial charge in [0.25, 0.3) is 0 Å². The molecular weight excluding hydrogens is 252 g/mol. The number of nitrogens with one attached hydrogen (secondary N) is 1. The molecule has 0 aliphatic heterocycles. The molecule has 0 amide bonds. The van der Waals surface area contributed by atoms with Crippen LogP contribution in [0.2, 0.25) is 0 Å². The molecule has 0 saturated heterocycles. The van der Waals surface area contributed by atoms with Crippen LogP contribution in [0.3, 0.4) is 0 Å². The van der Waals surface area contributed by atoms with Crippen molar-refractivity contribution in [1.29, 1.82) is 0 Å². The Morgan fingerprint density at radius 1 is 1.30 bits per heavy atom. The smallest absolute Gasteiger partial charge is 0.148 e. The predicted molar refractivity (Wildman–Crippen MR) is 78.5 cm³/mol. The molecule has 2 aromatic rings. The molecular formula is C14H24N6. The van der Waals surface area contributed by atoms with E-state index in [0.29, 0.717) is 12.6 Å². The van der Waals surface area contributed by atoms with Crippen LogP contribution in [0.5, 0.6) is 0 Å². The van der Waals surface area contributed by atoms with Crippen molar-refractivity contribution in [3.05, 3.63) is 29.1 Å². The Kier molecular flexibility index (Phi) is 4.54. The van der Waals surface area contributed by atoms with Crippen LogP contribution in [-0.2, 0) is 13.6 Å². The van der Waals surface area contributed by atoms with Gasteiger partial charge in [0.2, 0.25) is 0 Å². The van der Waals surface area contributed by atoms with Crippen molar-refractivity contribution in [1.82, 2.24) is 29.9 Å². The van der Waals surface area contributed by atoms with Gasteiger partial charge in [0.15, 0.2) is 0 Å². The van der Waals surface area contributed by atoms with E-state index in [0.717, 1.165) is 24.5 Å². The lowest BCUT2D eigenvalue weighted by Crippen LogP contribution is -2.21. The topological polar surface area (TPSA) is 60.6 Å². The monoisotopic (exact) mass is 276 g/mol. The van der Waals surface area contributed by atoms with E-state index in [1.165, 1.54) is 11.3 Å². The first-order chi connectivity index (χ1) is 9.58. The Bertz CT molecular complexity index is 568. The summed E-state index contributed by atoms with van der Waals surface area (Å²) in [6, 6.07) is 0.369. The molecule has 0 aromatic carbocycles. The Morgan fingerprint density at radius 2 is 2.05 bits per heavy atom. The fourth-order valence-corrected chi connectivity index (χ4v) is 2.66. The molecule has 6 nitrogen and oxygen atoms in total. The summed E-state index contributed by atoms with van der Waals surface area (Å²) in [5.41, 5.74) is 3.62. The third kappa shape index (κ3) is 2.75. The molecule has 0 radical (unpaired) electrons. The number of nitrogens with zero attached hydrogens (tertiary/aromatic N) is 5. The van der Waals surface area contributed by atoms with Crippen LogP contribution in [0.4, 0.5) is 0 Å². The van der Waals surface area contributed by atoms with E-state index in [2.05, 4.69) is 48.2 Å². The number of hydrogen-bond donors (Lipinski definition) is 1. The van der Waals surface area contributed by atoms with E-state index in [1.54, 1.807) is 11.0 Å². The highest BCUT2D eigenvalue weighted by molar-refractivity contribution is 5.28. The minimum atomic E-state index is 0.369. The Balaban J connectivity index is 2.31. The normalized spacial score (nSPS) is 12.8. The summed E-state index contributed by atoms with van der Waals surface area (Å²) in [6.07, 6.45) is 2.64. The van der Waals surface area contributed by atoms with E-state index in [9.17, 15) is 0 Å². The first kappa shape index (κ1) is 14.7. The average molecular weight is 276 g/mol. The van der Waals surface area contributed by atoms with Crippen molar-refractivity contribution in [3.8, 4) is 0 Å². The first-order valence-electron chi connectivity index (χ1n) is 7.18. The largest absolute Gasteiger partial charge is 0.310 e. The van der Waals surface area contributed by atoms with Gasteiger partial charge >= 0.3 is 0 Å². The quantitative estimate of drug-likeness (QED) is 0.873. The Morgan fingerprint density at radius 3 is 2.60 bits per heavy atom. The molecule has 0 aliphatic rings. The summed E-state index contributed by atoms with van der Waals surface area (Å²) in [4.78, 5) is 4.27. The standard InChI is InChI=1S/C14H24N6/c1-6-12(15-7-2)14-10(3)18-20(11(14)4)8-13-16-9-17-19(13)5/h9,12,15H,6-8H2,1-5H3. The summed E-state index contributed by atoms with van der Waals surface area (Å²) < 4.78 is 3.81. The van der Waals surface area contributed by atoms with E-state index in [1.807, 2.05) is 11.7 Å². The maximum atomic E-state index is 4.67. The SMILES string of the molecule is CCNC(CC)c1c(C)nn(Cc2ncnn2C)c1C. The van der Waals surface area contributed by atoms with Crippen molar-refractivity contribution in [3.63, 3.8) is 0 Å². The van der Waals surface area contributed by atoms with Gasteiger partial charge in [0, 0.05) is 24.3 Å². The molecule has 2 aromatic heterocycles. The van der Waals surface area contributed by atoms with Gasteiger partial charge in [-0.05, 0) is 26.8 Å². The maximum Gasteiger partial charge on any atom is 0.148 e. The molecule has 1 unspecified atom stereocenters. The summed E-state index contributed by atoms with van der Waals surface area (Å²) in [5.74, 6) is 0.915. The third-order valence-corrected chi connectivity index (χ3v) is 3.74. The van der Waals surface area contributed by atoms with Gasteiger partial charge in [0.05, 0.1) is 5.69 Å². The van der Waals surface area contributed by atoms with Crippen molar-refractivity contribution in [2.45, 2.75) is 46.7 Å². The summed E-state index contributed by atoms with van der Waals surface area (Å²) in [7, 11) is 1.91. The zero-order valence-electron chi connectivity index (χ0n) is 13.0. The minimum Gasteiger partial charge on any atom is -0.310 e. The number of rotatable bonds is 6.